The highest BCUT2D eigenvalue weighted by Gasteiger charge is 2.32. The van der Waals surface area contributed by atoms with Gasteiger partial charge in [0.15, 0.2) is 5.82 Å². The molecule has 0 amide bonds. The molecule has 8 nitrogen and oxygen atoms in total. The first-order valence-corrected chi connectivity index (χ1v) is 8.49. The van der Waals surface area contributed by atoms with Crippen molar-refractivity contribution in [3.63, 3.8) is 0 Å². The number of ether oxygens (including phenoxy) is 1. The third kappa shape index (κ3) is 3.41. The highest BCUT2D eigenvalue weighted by atomic mass is 19.4. The largest absolute Gasteiger partial charge is 0.497 e. The minimum atomic E-state index is -4.57. The Morgan fingerprint density at radius 3 is 2.67 bits per heavy atom. The van der Waals surface area contributed by atoms with E-state index in [1.54, 1.807) is 0 Å². The van der Waals surface area contributed by atoms with E-state index in [4.69, 9.17) is 4.74 Å². The third-order valence-corrected chi connectivity index (χ3v) is 4.40. The molecule has 0 aliphatic rings. The summed E-state index contributed by atoms with van der Waals surface area (Å²) in [6.45, 7) is 0. The molecule has 4 aromatic rings. The lowest BCUT2D eigenvalue weighted by atomic mass is 10.1. The summed E-state index contributed by atoms with van der Waals surface area (Å²) in [5.41, 5.74) is -0.361. The van der Waals surface area contributed by atoms with E-state index < -0.39 is 16.8 Å². The molecule has 0 saturated carbocycles. The zero-order valence-electron chi connectivity index (χ0n) is 15.3. The van der Waals surface area contributed by atoms with E-state index in [-0.39, 0.29) is 22.6 Å². The maximum absolute atomic E-state index is 12.9. The predicted octanol–water partition coefficient (Wildman–Crippen LogP) is 4.42. The van der Waals surface area contributed by atoms with Gasteiger partial charge >= 0.3 is 6.18 Å². The van der Waals surface area contributed by atoms with Crippen LogP contribution in [0, 0.1) is 10.1 Å². The topological polar surface area (TPSA) is 96.0 Å². The Morgan fingerprint density at radius 1 is 1.17 bits per heavy atom. The minimum Gasteiger partial charge on any atom is -0.497 e. The molecule has 0 bridgehead atoms. The van der Waals surface area contributed by atoms with Crippen molar-refractivity contribution in [3.8, 4) is 22.7 Å². The molecule has 152 valence electrons. The second-order valence-electron chi connectivity index (χ2n) is 6.21. The number of methoxy groups -OCH3 is 1. The molecule has 3 aromatic heterocycles. The molecular formula is C19H12F3N5O3. The molecule has 0 atom stereocenters. The highest BCUT2D eigenvalue weighted by Crippen LogP contribution is 2.34. The molecule has 0 fully saturated rings. The summed E-state index contributed by atoms with van der Waals surface area (Å²) in [5, 5.41) is 15.9. The molecule has 11 heteroatoms. The third-order valence-electron chi connectivity index (χ3n) is 4.40. The van der Waals surface area contributed by atoms with Crippen molar-refractivity contribution in [2.24, 2.45) is 0 Å². The van der Waals surface area contributed by atoms with Crippen LogP contribution in [0.4, 0.5) is 18.9 Å². The Balaban J connectivity index is 1.82. The van der Waals surface area contributed by atoms with E-state index in [0.717, 1.165) is 6.07 Å². The fourth-order valence-corrected chi connectivity index (χ4v) is 2.99. The lowest BCUT2D eigenvalue weighted by Gasteiger charge is -2.09. The molecule has 0 saturated heterocycles. The SMILES string of the molecule is COc1ccc([N+](=O)[O-])c(-c2cnn(-c3nccc4nc(C(F)(F)F)ccc34)c2)c1. The molecule has 1 aromatic carbocycles. The number of nitrogens with zero attached hydrogens (tertiary/aromatic N) is 5. The van der Waals surface area contributed by atoms with Crippen LogP contribution in [0.25, 0.3) is 27.8 Å². The van der Waals surface area contributed by atoms with E-state index in [1.807, 2.05) is 0 Å². The van der Waals surface area contributed by atoms with Crippen molar-refractivity contribution >= 4 is 16.6 Å². The van der Waals surface area contributed by atoms with Gasteiger partial charge in [0, 0.05) is 29.4 Å². The van der Waals surface area contributed by atoms with Gasteiger partial charge in [-0.3, -0.25) is 10.1 Å². The summed E-state index contributed by atoms with van der Waals surface area (Å²) in [4.78, 5) is 18.7. The molecule has 3 heterocycles. The van der Waals surface area contributed by atoms with Crippen molar-refractivity contribution in [3.05, 3.63) is 70.8 Å². The second kappa shape index (κ2) is 7.10. The van der Waals surface area contributed by atoms with Crippen LogP contribution in [0.15, 0.2) is 55.0 Å². The van der Waals surface area contributed by atoms with Gasteiger partial charge in [0.25, 0.3) is 5.69 Å². The van der Waals surface area contributed by atoms with Crippen LogP contribution < -0.4 is 4.74 Å². The number of hydrogen-bond donors (Lipinski definition) is 0. The number of pyridine rings is 2. The summed E-state index contributed by atoms with van der Waals surface area (Å²) in [6, 6.07) is 7.80. The number of fused-ring (bicyclic) bond motifs is 1. The van der Waals surface area contributed by atoms with Crippen LogP contribution in [0.1, 0.15) is 5.69 Å². The summed E-state index contributed by atoms with van der Waals surface area (Å²) in [5.74, 6) is 0.668. The highest BCUT2D eigenvalue weighted by molar-refractivity contribution is 5.85. The normalized spacial score (nSPS) is 11.6. The number of alkyl halides is 3. The van der Waals surface area contributed by atoms with Gasteiger partial charge in [-0.2, -0.15) is 18.3 Å². The van der Waals surface area contributed by atoms with Gasteiger partial charge in [-0.25, -0.2) is 14.6 Å². The number of benzene rings is 1. The lowest BCUT2D eigenvalue weighted by Crippen LogP contribution is -2.08. The molecule has 0 aliphatic heterocycles. The van der Waals surface area contributed by atoms with E-state index >= 15 is 0 Å². The standard InChI is InChI=1S/C19H12F3N5O3/c1-30-12-2-4-16(27(28)29)14(8-12)11-9-24-26(10-11)18-13-3-5-17(19(20,21)22)25-15(13)6-7-23-18/h2-10H,1H3. The van der Waals surface area contributed by atoms with Crippen molar-refractivity contribution in [1.29, 1.82) is 0 Å². The Hall–Kier alpha value is -4.02. The summed E-state index contributed by atoms with van der Waals surface area (Å²) < 4.78 is 45.3. The monoisotopic (exact) mass is 415 g/mol. The Kier molecular flexibility index (Phi) is 4.57. The van der Waals surface area contributed by atoms with Crippen molar-refractivity contribution in [2.75, 3.05) is 7.11 Å². The average molecular weight is 415 g/mol. The zero-order chi connectivity index (χ0) is 21.5. The van der Waals surface area contributed by atoms with Gasteiger partial charge in [0.05, 0.1) is 29.3 Å². The van der Waals surface area contributed by atoms with Crippen LogP contribution in [0.3, 0.4) is 0 Å². The number of nitro groups is 1. The summed E-state index contributed by atoms with van der Waals surface area (Å²) in [6.07, 6.45) is -0.344. The van der Waals surface area contributed by atoms with Crippen LogP contribution in [0.5, 0.6) is 5.75 Å². The van der Waals surface area contributed by atoms with Crippen molar-refractivity contribution in [1.82, 2.24) is 19.7 Å². The van der Waals surface area contributed by atoms with Gasteiger partial charge in [0.2, 0.25) is 0 Å². The smallest absolute Gasteiger partial charge is 0.433 e. The number of hydrogen-bond acceptors (Lipinski definition) is 6. The fraction of sp³-hybridized carbons (Fsp3) is 0.105. The van der Waals surface area contributed by atoms with Crippen molar-refractivity contribution < 1.29 is 22.8 Å². The first kappa shape index (κ1) is 19.3. The molecule has 0 unspecified atom stereocenters. The predicted molar refractivity (Wildman–Crippen MR) is 100 cm³/mol. The number of rotatable bonds is 4. The van der Waals surface area contributed by atoms with Gasteiger partial charge < -0.3 is 4.74 Å². The Morgan fingerprint density at radius 2 is 1.97 bits per heavy atom. The second-order valence-corrected chi connectivity index (χ2v) is 6.21. The molecule has 0 spiro atoms. The van der Waals surface area contributed by atoms with Crippen molar-refractivity contribution in [2.45, 2.75) is 6.18 Å². The van der Waals surface area contributed by atoms with E-state index in [9.17, 15) is 23.3 Å². The van der Waals surface area contributed by atoms with E-state index in [0.29, 0.717) is 16.7 Å². The molecule has 30 heavy (non-hydrogen) atoms. The van der Waals surface area contributed by atoms with Gasteiger partial charge in [-0.1, -0.05) is 0 Å². The lowest BCUT2D eigenvalue weighted by molar-refractivity contribution is -0.384. The number of nitro benzene ring substituents is 1. The Bertz CT molecular complexity index is 1270. The first-order valence-electron chi connectivity index (χ1n) is 8.49. The van der Waals surface area contributed by atoms with Crippen LogP contribution >= 0.6 is 0 Å². The van der Waals surface area contributed by atoms with Gasteiger partial charge in [-0.05, 0) is 30.3 Å². The minimum absolute atomic E-state index is 0.0965. The first-order chi connectivity index (χ1) is 14.3. The van der Waals surface area contributed by atoms with Crippen LogP contribution in [0.2, 0.25) is 0 Å². The van der Waals surface area contributed by atoms with Gasteiger partial charge in [-0.15, -0.1) is 0 Å². The molecule has 0 radical (unpaired) electrons. The van der Waals surface area contributed by atoms with Crippen LogP contribution in [-0.2, 0) is 6.18 Å². The molecular weight excluding hydrogens is 403 g/mol. The average Bonchev–Trinajstić information content (AvgIpc) is 3.21. The zero-order valence-corrected chi connectivity index (χ0v) is 15.3. The number of halogens is 3. The quantitative estimate of drug-likeness (QED) is 0.362. The molecule has 0 N–H and O–H groups in total. The Labute approximate surface area is 166 Å². The molecule has 4 rings (SSSR count). The van der Waals surface area contributed by atoms with E-state index in [1.165, 1.54) is 60.7 Å². The maximum atomic E-state index is 12.9. The fourth-order valence-electron chi connectivity index (χ4n) is 2.99. The van der Waals surface area contributed by atoms with E-state index in [2.05, 4.69) is 15.1 Å². The maximum Gasteiger partial charge on any atom is 0.433 e. The van der Waals surface area contributed by atoms with Gasteiger partial charge in [0.1, 0.15) is 11.4 Å². The number of aromatic nitrogens is 4. The van der Waals surface area contributed by atoms with Crippen LogP contribution in [-0.4, -0.2) is 31.8 Å². The molecule has 0 aliphatic carbocycles. The summed E-state index contributed by atoms with van der Waals surface area (Å²) in [7, 11) is 1.44. The summed E-state index contributed by atoms with van der Waals surface area (Å²) >= 11 is 0.